The zero-order valence-electron chi connectivity index (χ0n) is 13.0. The van der Waals surface area contributed by atoms with Crippen LogP contribution in [0.15, 0.2) is 28.7 Å². The molecule has 1 aromatic heterocycles. The Morgan fingerprint density at radius 2 is 2.10 bits per heavy atom. The van der Waals surface area contributed by atoms with E-state index in [1.54, 1.807) is 0 Å². The molecule has 2 aromatic rings. The first-order valence-electron chi connectivity index (χ1n) is 7.15. The van der Waals surface area contributed by atoms with Crippen LogP contribution >= 0.6 is 15.9 Å². The number of nitrogens with one attached hydrogen (secondary N) is 1. The van der Waals surface area contributed by atoms with Crippen molar-refractivity contribution in [2.24, 2.45) is 7.05 Å². The molecule has 0 aliphatic carbocycles. The molecule has 0 fully saturated rings. The van der Waals surface area contributed by atoms with Crippen molar-refractivity contribution in [1.82, 2.24) is 15.1 Å². The SMILES string of the molecule is CCC(NC)c1ccccc1OCc1c(Br)c(C)nn1C. The summed E-state index contributed by atoms with van der Waals surface area (Å²) < 4.78 is 8.93. The summed E-state index contributed by atoms with van der Waals surface area (Å²) in [6.07, 6.45) is 1.02. The number of hydrogen-bond acceptors (Lipinski definition) is 3. The van der Waals surface area contributed by atoms with E-state index in [2.05, 4.69) is 39.3 Å². The molecule has 1 aromatic carbocycles. The topological polar surface area (TPSA) is 39.1 Å². The van der Waals surface area contributed by atoms with Crippen LogP contribution in [0, 0.1) is 6.92 Å². The highest BCUT2D eigenvalue weighted by Crippen LogP contribution is 2.28. The van der Waals surface area contributed by atoms with Crippen molar-refractivity contribution < 1.29 is 4.74 Å². The third-order valence-corrected chi connectivity index (χ3v) is 4.71. The van der Waals surface area contributed by atoms with Crippen LogP contribution in [-0.4, -0.2) is 16.8 Å². The molecule has 21 heavy (non-hydrogen) atoms. The number of aryl methyl sites for hydroxylation is 2. The van der Waals surface area contributed by atoms with Gasteiger partial charge in [-0.2, -0.15) is 5.10 Å². The number of para-hydroxylation sites is 1. The van der Waals surface area contributed by atoms with Crippen molar-refractivity contribution >= 4 is 15.9 Å². The second kappa shape index (κ2) is 7.09. The summed E-state index contributed by atoms with van der Waals surface area (Å²) >= 11 is 3.57. The summed E-state index contributed by atoms with van der Waals surface area (Å²) in [6.45, 7) is 4.64. The van der Waals surface area contributed by atoms with E-state index in [1.165, 1.54) is 5.56 Å². The van der Waals surface area contributed by atoms with Crippen molar-refractivity contribution in [3.05, 3.63) is 45.7 Å². The van der Waals surface area contributed by atoms with Gasteiger partial charge in [-0.3, -0.25) is 4.68 Å². The number of nitrogens with zero attached hydrogens (tertiary/aromatic N) is 2. The summed E-state index contributed by atoms with van der Waals surface area (Å²) in [7, 11) is 3.91. The normalized spacial score (nSPS) is 12.4. The van der Waals surface area contributed by atoms with E-state index in [4.69, 9.17) is 4.74 Å². The minimum Gasteiger partial charge on any atom is -0.487 e. The van der Waals surface area contributed by atoms with Gasteiger partial charge in [0.25, 0.3) is 0 Å². The van der Waals surface area contributed by atoms with E-state index >= 15 is 0 Å². The lowest BCUT2D eigenvalue weighted by atomic mass is 10.0. The Labute approximate surface area is 134 Å². The second-order valence-corrected chi connectivity index (χ2v) is 5.84. The molecule has 0 bridgehead atoms. The smallest absolute Gasteiger partial charge is 0.131 e. The molecule has 1 heterocycles. The van der Waals surface area contributed by atoms with E-state index in [1.807, 2.05) is 43.9 Å². The zero-order valence-corrected chi connectivity index (χ0v) is 14.6. The highest BCUT2D eigenvalue weighted by molar-refractivity contribution is 9.10. The molecule has 1 atom stereocenters. The van der Waals surface area contributed by atoms with E-state index in [9.17, 15) is 0 Å². The first kappa shape index (κ1) is 16.0. The molecular formula is C16H22BrN3O. The quantitative estimate of drug-likeness (QED) is 0.861. The van der Waals surface area contributed by atoms with Gasteiger partial charge < -0.3 is 10.1 Å². The zero-order chi connectivity index (χ0) is 15.4. The van der Waals surface area contributed by atoms with E-state index < -0.39 is 0 Å². The Bertz CT molecular complexity index is 606. The predicted octanol–water partition coefficient (Wildman–Crippen LogP) is 3.74. The van der Waals surface area contributed by atoms with Gasteiger partial charge in [0.1, 0.15) is 12.4 Å². The van der Waals surface area contributed by atoms with Gasteiger partial charge in [0.2, 0.25) is 0 Å². The fourth-order valence-electron chi connectivity index (χ4n) is 2.46. The van der Waals surface area contributed by atoms with Crippen molar-refractivity contribution in [3.63, 3.8) is 0 Å². The van der Waals surface area contributed by atoms with Gasteiger partial charge in [0, 0.05) is 18.7 Å². The summed E-state index contributed by atoms with van der Waals surface area (Å²) in [6, 6.07) is 8.49. The largest absolute Gasteiger partial charge is 0.487 e. The summed E-state index contributed by atoms with van der Waals surface area (Å²) in [4.78, 5) is 0. The van der Waals surface area contributed by atoms with Gasteiger partial charge in [0.05, 0.1) is 15.9 Å². The molecule has 0 saturated carbocycles. The minimum absolute atomic E-state index is 0.304. The van der Waals surface area contributed by atoms with Crippen LogP contribution in [-0.2, 0) is 13.7 Å². The van der Waals surface area contributed by atoms with Gasteiger partial charge in [-0.1, -0.05) is 25.1 Å². The van der Waals surface area contributed by atoms with Crippen molar-refractivity contribution in [2.45, 2.75) is 32.9 Å². The van der Waals surface area contributed by atoms with Crippen LogP contribution in [0.25, 0.3) is 0 Å². The Morgan fingerprint density at radius 1 is 1.38 bits per heavy atom. The molecule has 5 heteroatoms. The third-order valence-electron chi connectivity index (χ3n) is 3.68. The second-order valence-electron chi connectivity index (χ2n) is 5.05. The molecule has 1 N–H and O–H groups in total. The average molecular weight is 352 g/mol. The summed E-state index contributed by atoms with van der Waals surface area (Å²) in [5, 5.41) is 7.72. The number of aromatic nitrogens is 2. The van der Waals surface area contributed by atoms with Crippen LogP contribution in [0.1, 0.15) is 36.3 Å². The molecule has 2 rings (SSSR count). The lowest BCUT2D eigenvalue weighted by Gasteiger charge is -2.18. The van der Waals surface area contributed by atoms with Gasteiger partial charge in [-0.05, 0) is 42.4 Å². The predicted molar refractivity (Wildman–Crippen MR) is 88.5 cm³/mol. The fourth-order valence-corrected chi connectivity index (χ4v) is 2.91. The monoisotopic (exact) mass is 351 g/mol. The minimum atomic E-state index is 0.304. The fraction of sp³-hybridized carbons (Fsp3) is 0.438. The molecule has 4 nitrogen and oxygen atoms in total. The Hall–Kier alpha value is -1.33. The van der Waals surface area contributed by atoms with Crippen LogP contribution in [0.4, 0.5) is 0 Å². The highest BCUT2D eigenvalue weighted by atomic mass is 79.9. The summed E-state index contributed by atoms with van der Waals surface area (Å²) in [5.74, 6) is 0.921. The van der Waals surface area contributed by atoms with Crippen LogP contribution in [0.5, 0.6) is 5.75 Å². The first-order valence-corrected chi connectivity index (χ1v) is 7.94. The van der Waals surface area contributed by atoms with Crippen LogP contribution in [0.3, 0.4) is 0 Å². The van der Waals surface area contributed by atoms with E-state index in [-0.39, 0.29) is 0 Å². The van der Waals surface area contributed by atoms with Gasteiger partial charge in [-0.25, -0.2) is 0 Å². The number of hydrogen-bond donors (Lipinski definition) is 1. The van der Waals surface area contributed by atoms with Crippen molar-refractivity contribution in [3.8, 4) is 5.75 Å². The lowest BCUT2D eigenvalue weighted by Crippen LogP contribution is -2.16. The van der Waals surface area contributed by atoms with Gasteiger partial charge in [-0.15, -0.1) is 0 Å². The van der Waals surface area contributed by atoms with Gasteiger partial charge >= 0.3 is 0 Å². The number of halogens is 1. The molecule has 0 saturated heterocycles. The molecule has 0 aliphatic heterocycles. The lowest BCUT2D eigenvalue weighted by molar-refractivity contribution is 0.287. The number of rotatable bonds is 6. The maximum absolute atomic E-state index is 6.05. The molecular weight excluding hydrogens is 330 g/mol. The van der Waals surface area contributed by atoms with Crippen molar-refractivity contribution in [1.29, 1.82) is 0 Å². The molecule has 0 aliphatic rings. The first-order chi connectivity index (χ1) is 10.1. The molecule has 114 valence electrons. The number of benzene rings is 1. The maximum atomic E-state index is 6.05. The molecule has 0 amide bonds. The third kappa shape index (κ3) is 3.47. The Kier molecular flexibility index (Phi) is 5.42. The van der Waals surface area contributed by atoms with E-state index in [0.29, 0.717) is 12.6 Å². The Morgan fingerprint density at radius 3 is 2.67 bits per heavy atom. The highest BCUT2D eigenvalue weighted by Gasteiger charge is 2.15. The molecule has 1 unspecified atom stereocenters. The molecule has 0 spiro atoms. The van der Waals surface area contributed by atoms with Crippen LogP contribution in [0.2, 0.25) is 0 Å². The maximum Gasteiger partial charge on any atom is 0.131 e. The Balaban J connectivity index is 2.20. The standard InChI is InChI=1S/C16H22BrN3O/c1-5-13(18-3)12-8-6-7-9-15(12)21-10-14-16(17)11(2)19-20(14)4/h6-9,13,18H,5,10H2,1-4H3. The number of ether oxygens (including phenoxy) is 1. The van der Waals surface area contributed by atoms with Gasteiger partial charge in [0.15, 0.2) is 0 Å². The van der Waals surface area contributed by atoms with Crippen LogP contribution < -0.4 is 10.1 Å². The molecule has 0 radical (unpaired) electrons. The van der Waals surface area contributed by atoms with Crippen molar-refractivity contribution in [2.75, 3.05) is 7.05 Å². The summed E-state index contributed by atoms with van der Waals surface area (Å²) in [5.41, 5.74) is 3.21. The average Bonchev–Trinajstić information content (AvgIpc) is 2.73. The van der Waals surface area contributed by atoms with E-state index in [0.717, 1.165) is 28.0 Å².